The Morgan fingerprint density at radius 1 is 1.03 bits per heavy atom. The molecule has 2 N–H and O–H groups in total. The Hall–Kier alpha value is -3.25. The van der Waals surface area contributed by atoms with Gasteiger partial charge >= 0.3 is 6.18 Å². The van der Waals surface area contributed by atoms with E-state index in [-0.39, 0.29) is 53.4 Å². The minimum atomic E-state index is -4.70. The molecular weight excluding hydrogens is 476 g/mol. The number of hydrogen-bond donors (Lipinski definition) is 1. The lowest BCUT2D eigenvalue weighted by atomic mass is 9.95. The van der Waals surface area contributed by atoms with E-state index >= 15 is 4.39 Å². The molecule has 1 fully saturated rings. The molecule has 2 aliphatic rings. The zero-order valence-corrected chi connectivity index (χ0v) is 18.5. The van der Waals surface area contributed by atoms with E-state index in [1.54, 1.807) is 6.21 Å². The van der Waals surface area contributed by atoms with Crippen LogP contribution in [0.4, 0.5) is 17.6 Å². The standard InChI is InChI=1S/C22H20F4N4O3S/c23-19-11-14(1-3-17(19)20-13-28-5-6-30(20)27)16-4-2-15(22(24,25)26)12-18(16)21(31)29-7-9-34(32,33)10-8-29/h1-5,11-13H,6-10,27H2. The number of nitrogens with two attached hydrogens (primary N) is 1. The quantitative estimate of drug-likeness (QED) is 0.521. The minimum Gasteiger partial charge on any atom is -0.337 e. The van der Waals surface area contributed by atoms with Gasteiger partial charge in [0.2, 0.25) is 0 Å². The number of sulfone groups is 1. The number of hydrazine groups is 1. The summed E-state index contributed by atoms with van der Waals surface area (Å²) in [5.41, 5.74) is -0.578. The number of aliphatic imine (C=N–C) groups is 1. The van der Waals surface area contributed by atoms with E-state index in [9.17, 15) is 26.4 Å². The number of alkyl halides is 3. The number of benzene rings is 2. The van der Waals surface area contributed by atoms with Crippen molar-refractivity contribution in [2.75, 3.05) is 31.1 Å². The summed E-state index contributed by atoms with van der Waals surface area (Å²) >= 11 is 0. The predicted octanol–water partition coefficient (Wildman–Crippen LogP) is 2.94. The van der Waals surface area contributed by atoms with E-state index in [4.69, 9.17) is 5.84 Å². The van der Waals surface area contributed by atoms with Crippen molar-refractivity contribution in [3.63, 3.8) is 0 Å². The molecule has 2 aromatic carbocycles. The van der Waals surface area contributed by atoms with Crippen molar-refractivity contribution in [2.24, 2.45) is 10.8 Å². The number of carbonyl (C=O) groups is 1. The van der Waals surface area contributed by atoms with Crippen LogP contribution in [-0.2, 0) is 16.0 Å². The number of rotatable bonds is 3. The maximum absolute atomic E-state index is 15.0. The van der Waals surface area contributed by atoms with Gasteiger partial charge in [-0.25, -0.2) is 18.7 Å². The molecule has 1 amide bonds. The number of carbonyl (C=O) groups excluding carboxylic acids is 1. The Labute approximate surface area is 193 Å². The van der Waals surface area contributed by atoms with Crippen molar-refractivity contribution in [3.05, 3.63) is 65.1 Å². The van der Waals surface area contributed by atoms with E-state index in [0.717, 1.165) is 18.2 Å². The predicted molar refractivity (Wildman–Crippen MR) is 119 cm³/mol. The Bertz CT molecular complexity index is 1290. The lowest BCUT2D eigenvalue weighted by Gasteiger charge is -2.28. The van der Waals surface area contributed by atoms with Crippen LogP contribution in [0.5, 0.6) is 0 Å². The monoisotopic (exact) mass is 496 g/mol. The molecule has 0 spiro atoms. The molecule has 0 aromatic heterocycles. The molecule has 2 heterocycles. The zero-order valence-electron chi connectivity index (χ0n) is 17.7. The van der Waals surface area contributed by atoms with Gasteiger partial charge in [-0.3, -0.25) is 9.79 Å². The van der Waals surface area contributed by atoms with Crippen molar-refractivity contribution < 1.29 is 30.8 Å². The van der Waals surface area contributed by atoms with Crippen LogP contribution < -0.4 is 5.84 Å². The van der Waals surface area contributed by atoms with Gasteiger partial charge in [-0.15, -0.1) is 0 Å². The van der Waals surface area contributed by atoms with E-state index < -0.39 is 33.3 Å². The third kappa shape index (κ3) is 4.82. The second-order valence-corrected chi connectivity index (χ2v) is 10.2. The first kappa shape index (κ1) is 23.9. The molecule has 0 unspecified atom stereocenters. The van der Waals surface area contributed by atoms with Crippen LogP contribution in [-0.4, -0.2) is 61.6 Å². The van der Waals surface area contributed by atoms with E-state index in [1.807, 2.05) is 0 Å². The highest BCUT2D eigenvalue weighted by Gasteiger charge is 2.34. The summed E-state index contributed by atoms with van der Waals surface area (Å²) in [5, 5.41) is 1.29. The molecule has 12 heteroatoms. The van der Waals surface area contributed by atoms with Gasteiger partial charge in [-0.1, -0.05) is 12.1 Å². The van der Waals surface area contributed by atoms with E-state index in [2.05, 4.69) is 4.99 Å². The van der Waals surface area contributed by atoms with Crippen molar-refractivity contribution in [3.8, 4) is 11.1 Å². The third-order valence-corrected chi connectivity index (χ3v) is 7.26. The topological polar surface area (TPSA) is 96.1 Å². The molecule has 0 saturated carbocycles. The lowest BCUT2D eigenvalue weighted by Crippen LogP contribution is -2.43. The fourth-order valence-electron chi connectivity index (χ4n) is 3.78. The summed E-state index contributed by atoms with van der Waals surface area (Å²) in [6.45, 7) is 0.00640. The summed E-state index contributed by atoms with van der Waals surface area (Å²) < 4.78 is 78.5. The molecule has 4 rings (SSSR count). The second kappa shape index (κ2) is 8.84. The lowest BCUT2D eigenvalue weighted by molar-refractivity contribution is -0.137. The highest BCUT2D eigenvalue weighted by molar-refractivity contribution is 7.91. The molecule has 1 saturated heterocycles. The molecule has 180 valence electrons. The van der Waals surface area contributed by atoms with Gasteiger partial charge in [0.15, 0.2) is 9.84 Å². The van der Waals surface area contributed by atoms with Crippen molar-refractivity contribution in [2.45, 2.75) is 6.18 Å². The molecule has 2 aromatic rings. The van der Waals surface area contributed by atoms with Gasteiger partial charge in [0.25, 0.3) is 5.91 Å². The fourth-order valence-corrected chi connectivity index (χ4v) is 4.98. The average Bonchev–Trinajstić information content (AvgIpc) is 2.78. The van der Waals surface area contributed by atoms with Crippen LogP contribution in [0.1, 0.15) is 21.5 Å². The number of amides is 1. The van der Waals surface area contributed by atoms with Crippen LogP contribution in [0, 0.1) is 5.82 Å². The maximum atomic E-state index is 15.0. The molecule has 0 aliphatic carbocycles. The largest absolute Gasteiger partial charge is 0.416 e. The zero-order chi connectivity index (χ0) is 24.7. The van der Waals surface area contributed by atoms with Crippen LogP contribution >= 0.6 is 0 Å². The molecular formula is C22H20F4N4O3S. The van der Waals surface area contributed by atoms with E-state index in [1.165, 1.54) is 28.2 Å². The summed E-state index contributed by atoms with van der Waals surface area (Å²) in [6.07, 6.45) is -1.77. The molecule has 0 bridgehead atoms. The number of hydrogen-bond acceptors (Lipinski definition) is 6. The van der Waals surface area contributed by atoms with Crippen molar-refractivity contribution >= 4 is 27.7 Å². The minimum absolute atomic E-state index is 0.0946. The van der Waals surface area contributed by atoms with Crippen LogP contribution in [0.2, 0.25) is 0 Å². The Balaban J connectivity index is 1.76. The molecule has 0 radical (unpaired) electrons. The van der Waals surface area contributed by atoms with Gasteiger partial charge in [-0.2, -0.15) is 13.2 Å². The maximum Gasteiger partial charge on any atom is 0.416 e. The fraction of sp³-hybridized carbons (Fsp3) is 0.273. The van der Waals surface area contributed by atoms with Crippen LogP contribution in [0.25, 0.3) is 16.8 Å². The number of halogens is 4. The van der Waals surface area contributed by atoms with Gasteiger partial charge < -0.3 is 9.91 Å². The normalized spacial score (nSPS) is 18.1. The summed E-state index contributed by atoms with van der Waals surface area (Å²) in [7, 11) is -3.30. The van der Waals surface area contributed by atoms with Gasteiger partial charge in [0.05, 0.1) is 35.5 Å². The average molecular weight is 496 g/mol. The third-order valence-electron chi connectivity index (χ3n) is 5.65. The first-order chi connectivity index (χ1) is 16.0. The highest BCUT2D eigenvalue weighted by Crippen LogP contribution is 2.35. The first-order valence-electron chi connectivity index (χ1n) is 10.2. The Morgan fingerprint density at radius 2 is 1.71 bits per heavy atom. The molecule has 2 aliphatic heterocycles. The van der Waals surface area contributed by atoms with Crippen LogP contribution in [0.15, 0.2) is 47.6 Å². The highest BCUT2D eigenvalue weighted by atomic mass is 32.2. The summed E-state index contributed by atoms with van der Waals surface area (Å²) in [6, 6.07) is 6.65. The van der Waals surface area contributed by atoms with Gasteiger partial charge in [0.1, 0.15) is 5.82 Å². The summed E-state index contributed by atoms with van der Waals surface area (Å²) in [5.74, 6) is 3.86. The molecule has 0 atom stereocenters. The van der Waals surface area contributed by atoms with Crippen molar-refractivity contribution in [1.29, 1.82) is 0 Å². The van der Waals surface area contributed by atoms with E-state index in [0.29, 0.717) is 11.8 Å². The van der Waals surface area contributed by atoms with Crippen molar-refractivity contribution in [1.82, 2.24) is 9.91 Å². The SMILES string of the molecule is NN1CC=NC=C1c1ccc(-c2ccc(C(F)(F)F)cc2C(=O)N2CCS(=O)(=O)CC2)cc1F. The van der Waals surface area contributed by atoms with Gasteiger partial charge in [-0.05, 0) is 35.4 Å². The Kier molecular flexibility index (Phi) is 6.21. The Morgan fingerprint density at radius 3 is 2.32 bits per heavy atom. The molecule has 7 nitrogen and oxygen atoms in total. The second-order valence-electron chi connectivity index (χ2n) is 7.90. The van der Waals surface area contributed by atoms with Gasteiger partial charge in [0, 0.05) is 30.4 Å². The number of nitrogens with zero attached hydrogens (tertiary/aromatic N) is 3. The first-order valence-corrected chi connectivity index (χ1v) is 12.0. The summed E-state index contributed by atoms with van der Waals surface area (Å²) in [4.78, 5) is 18.3. The van der Waals surface area contributed by atoms with Crippen LogP contribution in [0.3, 0.4) is 0 Å². The molecule has 34 heavy (non-hydrogen) atoms. The smallest absolute Gasteiger partial charge is 0.337 e.